The molecular weight excluding hydrogens is 232 g/mol. The van der Waals surface area contributed by atoms with E-state index in [0.29, 0.717) is 29.5 Å². The Bertz CT molecular complexity index is 235. The number of likely N-dealkylation sites (tertiary alicyclic amines) is 1. The van der Waals surface area contributed by atoms with Gasteiger partial charge in [-0.2, -0.15) is 0 Å². The molecule has 0 spiro atoms. The largest absolute Gasteiger partial charge is 0.339 e. The van der Waals surface area contributed by atoms with Crippen molar-refractivity contribution in [2.75, 3.05) is 18.8 Å². The van der Waals surface area contributed by atoms with E-state index in [1.165, 1.54) is 19.3 Å². The van der Waals surface area contributed by atoms with Crippen molar-refractivity contribution < 1.29 is 4.79 Å². The normalized spacial score (nSPS) is 22.5. The van der Waals surface area contributed by atoms with Crippen molar-refractivity contribution in [2.45, 2.75) is 57.2 Å². The average molecular weight is 258 g/mol. The van der Waals surface area contributed by atoms with Gasteiger partial charge in [0, 0.05) is 17.8 Å². The minimum absolute atomic E-state index is 0.324. The van der Waals surface area contributed by atoms with Crippen LogP contribution in [-0.4, -0.2) is 40.9 Å². The van der Waals surface area contributed by atoms with Gasteiger partial charge in [-0.05, 0) is 38.6 Å². The van der Waals surface area contributed by atoms with E-state index in [4.69, 9.17) is 5.73 Å². The van der Waals surface area contributed by atoms with Crippen LogP contribution in [-0.2, 0) is 4.79 Å². The van der Waals surface area contributed by atoms with E-state index in [1.807, 2.05) is 0 Å². The number of carbonyl (C=O) groups is 1. The molecule has 3 nitrogen and oxygen atoms in total. The zero-order valence-corrected chi connectivity index (χ0v) is 12.0. The molecule has 1 fully saturated rings. The molecule has 0 aromatic carbocycles. The Kier molecular flexibility index (Phi) is 6.97. The van der Waals surface area contributed by atoms with Crippen molar-refractivity contribution in [1.29, 1.82) is 0 Å². The third kappa shape index (κ3) is 4.88. The van der Waals surface area contributed by atoms with Crippen molar-refractivity contribution in [2.24, 2.45) is 5.73 Å². The summed E-state index contributed by atoms with van der Waals surface area (Å²) in [5, 5.41) is 0.494. The molecule has 2 atom stereocenters. The molecule has 0 radical (unpaired) electrons. The lowest BCUT2D eigenvalue weighted by Gasteiger charge is -2.35. The van der Waals surface area contributed by atoms with Gasteiger partial charge in [-0.1, -0.05) is 13.8 Å². The summed E-state index contributed by atoms with van der Waals surface area (Å²) in [6, 6.07) is 0.488. The van der Waals surface area contributed by atoms with Gasteiger partial charge in [0.25, 0.3) is 0 Å². The fourth-order valence-electron chi connectivity index (χ4n) is 2.37. The van der Waals surface area contributed by atoms with Crippen LogP contribution < -0.4 is 5.73 Å². The second-order valence-corrected chi connectivity index (χ2v) is 6.27. The molecule has 0 bridgehead atoms. The van der Waals surface area contributed by atoms with Crippen LogP contribution in [0, 0.1) is 0 Å². The Balaban J connectivity index is 2.34. The van der Waals surface area contributed by atoms with E-state index in [9.17, 15) is 4.79 Å². The number of nitrogens with zero attached hydrogens (tertiary/aromatic N) is 1. The SMILES string of the molecule is CCC1CCCCN1C(=O)CSC(C)CCN. The number of hydrogen-bond acceptors (Lipinski definition) is 3. The van der Waals surface area contributed by atoms with Gasteiger partial charge in [-0.15, -0.1) is 11.8 Å². The molecule has 17 heavy (non-hydrogen) atoms. The predicted octanol–water partition coefficient (Wildman–Crippen LogP) is 2.25. The van der Waals surface area contributed by atoms with Crippen LogP contribution in [0.25, 0.3) is 0 Å². The van der Waals surface area contributed by atoms with E-state index in [-0.39, 0.29) is 0 Å². The summed E-state index contributed by atoms with van der Waals surface area (Å²) >= 11 is 1.74. The quantitative estimate of drug-likeness (QED) is 0.795. The fraction of sp³-hybridized carbons (Fsp3) is 0.923. The van der Waals surface area contributed by atoms with Crippen LogP contribution in [0.15, 0.2) is 0 Å². The topological polar surface area (TPSA) is 46.3 Å². The van der Waals surface area contributed by atoms with E-state index in [0.717, 1.165) is 19.4 Å². The number of rotatable bonds is 6. The van der Waals surface area contributed by atoms with E-state index in [1.54, 1.807) is 11.8 Å². The summed E-state index contributed by atoms with van der Waals surface area (Å²) in [4.78, 5) is 14.3. The van der Waals surface area contributed by atoms with Gasteiger partial charge in [0.05, 0.1) is 5.75 Å². The second-order valence-electron chi connectivity index (χ2n) is 4.84. The Morgan fingerprint density at radius 3 is 2.94 bits per heavy atom. The molecule has 1 rings (SSSR count). The monoisotopic (exact) mass is 258 g/mol. The molecule has 2 unspecified atom stereocenters. The highest BCUT2D eigenvalue weighted by Crippen LogP contribution is 2.21. The van der Waals surface area contributed by atoms with Crippen LogP contribution >= 0.6 is 11.8 Å². The summed E-state index contributed by atoms with van der Waals surface area (Å²) in [7, 11) is 0. The third-order valence-electron chi connectivity index (χ3n) is 3.48. The van der Waals surface area contributed by atoms with Crippen molar-refractivity contribution in [1.82, 2.24) is 4.90 Å². The smallest absolute Gasteiger partial charge is 0.232 e. The van der Waals surface area contributed by atoms with Crippen molar-refractivity contribution in [3.63, 3.8) is 0 Å². The highest BCUT2D eigenvalue weighted by Gasteiger charge is 2.25. The van der Waals surface area contributed by atoms with Gasteiger partial charge >= 0.3 is 0 Å². The lowest BCUT2D eigenvalue weighted by Crippen LogP contribution is -2.44. The number of nitrogens with two attached hydrogens (primary N) is 1. The summed E-state index contributed by atoms with van der Waals surface area (Å²) < 4.78 is 0. The maximum absolute atomic E-state index is 12.1. The highest BCUT2D eigenvalue weighted by molar-refractivity contribution is 8.00. The third-order valence-corrected chi connectivity index (χ3v) is 4.70. The molecule has 4 heteroatoms. The fourth-order valence-corrected chi connectivity index (χ4v) is 3.26. The zero-order chi connectivity index (χ0) is 12.7. The van der Waals surface area contributed by atoms with Crippen LogP contribution in [0.5, 0.6) is 0 Å². The minimum atomic E-state index is 0.324. The van der Waals surface area contributed by atoms with Crippen molar-refractivity contribution in [3.05, 3.63) is 0 Å². The molecule has 1 aliphatic rings. The van der Waals surface area contributed by atoms with Gasteiger partial charge in [0.1, 0.15) is 0 Å². The Morgan fingerprint density at radius 1 is 1.53 bits per heavy atom. The summed E-state index contributed by atoms with van der Waals surface area (Å²) in [5.41, 5.74) is 5.51. The van der Waals surface area contributed by atoms with Gasteiger partial charge in [-0.3, -0.25) is 4.79 Å². The zero-order valence-electron chi connectivity index (χ0n) is 11.2. The van der Waals surface area contributed by atoms with Crippen LogP contribution in [0.4, 0.5) is 0 Å². The Hall–Kier alpha value is -0.220. The maximum atomic E-state index is 12.1. The first kappa shape index (κ1) is 14.8. The molecule has 0 aromatic rings. The van der Waals surface area contributed by atoms with Crippen LogP contribution in [0.2, 0.25) is 0 Å². The van der Waals surface area contributed by atoms with Gasteiger partial charge in [-0.25, -0.2) is 0 Å². The summed E-state index contributed by atoms with van der Waals surface area (Å²) in [5.74, 6) is 0.947. The molecule has 1 amide bonds. The standard InChI is InChI=1S/C13H26N2OS/c1-3-12-6-4-5-9-15(12)13(16)10-17-11(2)7-8-14/h11-12H,3-10,14H2,1-2H3. The number of carbonyl (C=O) groups excluding carboxylic acids is 1. The number of thioether (sulfide) groups is 1. The first-order valence-corrected chi connectivity index (χ1v) is 7.85. The van der Waals surface area contributed by atoms with Gasteiger partial charge in [0.2, 0.25) is 5.91 Å². The number of piperidine rings is 1. The minimum Gasteiger partial charge on any atom is -0.339 e. The average Bonchev–Trinajstić information content (AvgIpc) is 2.36. The lowest BCUT2D eigenvalue weighted by molar-refractivity contribution is -0.132. The second kappa shape index (κ2) is 7.98. The molecule has 1 aliphatic heterocycles. The van der Waals surface area contributed by atoms with Gasteiger partial charge < -0.3 is 10.6 Å². The number of hydrogen-bond donors (Lipinski definition) is 1. The van der Waals surface area contributed by atoms with Crippen LogP contribution in [0.3, 0.4) is 0 Å². The molecule has 1 saturated heterocycles. The molecule has 0 aromatic heterocycles. The molecule has 2 N–H and O–H groups in total. The molecule has 100 valence electrons. The summed E-state index contributed by atoms with van der Waals surface area (Å²) in [6.45, 7) is 6.01. The molecular formula is C13H26N2OS. The molecule has 0 saturated carbocycles. The van der Waals surface area contributed by atoms with E-state index >= 15 is 0 Å². The molecule has 0 aliphatic carbocycles. The summed E-state index contributed by atoms with van der Waals surface area (Å²) in [6.07, 6.45) is 5.72. The first-order valence-electron chi connectivity index (χ1n) is 6.80. The molecule has 1 heterocycles. The number of amides is 1. The highest BCUT2D eigenvalue weighted by atomic mass is 32.2. The Morgan fingerprint density at radius 2 is 2.29 bits per heavy atom. The first-order chi connectivity index (χ1) is 8.19. The van der Waals surface area contributed by atoms with Crippen molar-refractivity contribution in [3.8, 4) is 0 Å². The van der Waals surface area contributed by atoms with Crippen molar-refractivity contribution >= 4 is 17.7 Å². The van der Waals surface area contributed by atoms with Gasteiger partial charge in [0.15, 0.2) is 0 Å². The lowest BCUT2D eigenvalue weighted by atomic mass is 10.0. The predicted molar refractivity (Wildman–Crippen MR) is 75.2 cm³/mol. The Labute approximate surface area is 109 Å². The van der Waals surface area contributed by atoms with E-state index < -0.39 is 0 Å². The van der Waals surface area contributed by atoms with E-state index in [2.05, 4.69) is 18.7 Å². The van der Waals surface area contributed by atoms with Crippen LogP contribution in [0.1, 0.15) is 46.0 Å². The maximum Gasteiger partial charge on any atom is 0.232 e.